The standard InChI is InChI=1S/C18H21NO3.C2H4O2/c1-19-8-7-18-11-4-5-13(20)17(18)22-16-14(21-2)6-3-10(15(16)18)9-12(11)19;1-2(3)4/h3,5-6,11-12,17,20H,4,7-9H2,1-2H3;1H3,(H,3,4)/t11-,12+,17-,18-;/m0./s1. The van der Waals surface area contributed by atoms with Crippen LogP contribution in [0.15, 0.2) is 24.0 Å². The molecule has 0 unspecified atom stereocenters. The number of carboxylic acid groups (broad SMARTS) is 1. The summed E-state index contributed by atoms with van der Waals surface area (Å²) in [6.45, 7) is 2.14. The van der Waals surface area contributed by atoms with Crippen molar-refractivity contribution in [2.45, 2.75) is 43.7 Å². The van der Waals surface area contributed by atoms with Gasteiger partial charge in [0.2, 0.25) is 0 Å². The van der Waals surface area contributed by atoms with E-state index in [-0.39, 0.29) is 11.5 Å². The second-order valence-corrected chi connectivity index (χ2v) is 7.66. The van der Waals surface area contributed by atoms with Crippen molar-refractivity contribution in [1.29, 1.82) is 0 Å². The Bertz CT molecular complexity index is 785. The molecule has 1 saturated heterocycles. The molecule has 1 fully saturated rings. The van der Waals surface area contributed by atoms with Gasteiger partial charge in [-0.2, -0.15) is 0 Å². The molecule has 2 heterocycles. The molecule has 2 aliphatic carbocycles. The molecule has 0 aromatic heterocycles. The summed E-state index contributed by atoms with van der Waals surface area (Å²) in [7, 11) is 3.92. The first-order valence-electron chi connectivity index (χ1n) is 9.06. The molecule has 2 bridgehead atoms. The molecular formula is C20H25NO5. The highest BCUT2D eigenvalue weighted by atomic mass is 16.5. The number of allylic oxidation sites excluding steroid dienone is 1. The van der Waals surface area contributed by atoms with Crippen LogP contribution in [0.25, 0.3) is 0 Å². The van der Waals surface area contributed by atoms with Gasteiger partial charge in [-0.05, 0) is 56.5 Å². The Morgan fingerprint density at radius 3 is 2.85 bits per heavy atom. The Morgan fingerprint density at radius 2 is 2.15 bits per heavy atom. The van der Waals surface area contributed by atoms with E-state index < -0.39 is 5.97 Å². The van der Waals surface area contributed by atoms with Crippen LogP contribution in [-0.2, 0) is 16.6 Å². The molecule has 1 spiro atoms. The van der Waals surface area contributed by atoms with E-state index in [1.807, 2.05) is 12.1 Å². The zero-order chi connectivity index (χ0) is 18.6. The van der Waals surface area contributed by atoms with Gasteiger partial charge < -0.3 is 24.6 Å². The molecule has 2 N–H and O–H groups in total. The van der Waals surface area contributed by atoms with Crippen LogP contribution in [0.3, 0.4) is 0 Å². The van der Waals surface area contributed by atoms with Crippen LogP contribution >= 0.6 is 0 Å². The van der Waals surface area contributed by atoms with E-state index in [0.29, 0.717) is 17.7 Å². The van der Waals surface area contributed by atoms with E-state index in [0.717, 1.165) is 44.2 Å². The summed E-state index contributed by atoms with van der Waals surface area (Å²) in [4.78, 5) is 11.5. The molecule has 1 aromatic carbocycles. The number of benzene rings is 1. The first-order valence-corrected chi connectivity index (χ1v) is 9.06. The van der Waals surface area contributed by atoms with Gasteiger partial charge >= 0.3 is 0 Å². The van der Waals surface area contributed by atoms with Crippen LogP contribution in [0, 0.1) is 5.92 Å². The van der Waals surface area contributed by atoms with E-state index in [2.05, 4.69) is 18.0 Å². The van der Waals surface area contributed by atoms with Gasteiger partial charge in [-0.1, -0.05) is 6.07 Å². The molecule has 1 aromatic rings. The number of carbonyl (C=O) groups is 1. The van der Waals surface area contributed by atoms with Gasteiger partial charge in [-0.25, -0.2) is 0 Å². The number of aliphatic hydroxyl groups excluding tert-OH is 1. The summed E-state index contributed by atoms with van der Waals surface area (Å²) in [5, 5.41) is 17.9. The molecule has 0 radical (unpaired) electrons. The maximum atomic E-state index is 10.5. The van der Waals surface area contributed by atoms with Crippen LogP contribution in [-0.4, -0.2) is 53.9 Å². The molecule has 26 heavy (non-hydrogen) atoms. The molecule has 6 nitrogen and oxygen atoms in total. The van der Waals surface area contributed by atoms with Gasteiger partial charge in [0.1, 0.15) is 5.76 Å². The topological polar surface area (TPSA) is 79.2 Å². The van der Waals surface area contributed by atoms with Crippen LogP contribution in [0.4, 0.5) is 0 Å². The van der Waals surface area contributed by atoms with Crippen LogP contribution in [0.1, 0.15) is 30.9 Å². The molecule has 140 valence electrons. The monoisotopic (exact) mass is 359 g/mol. The van der Waals surface area contributed by atoms with E-state index in [1.165, 1.54) is 11.1 Å². The minimum atomic E-state index is -0.833. The SMILES string of the molecule is CC(=O)O.COc1ccc2c3c1O[C@H]1C(O)=CC[C@H]4[C@@H](C2)N(C)CC[C@]314. The molecule has 5 rings (SSSR count). The van der Waals surface area contributed by atoms with E-state index in [9.17, 15) is 5.11 Å². The van der Waals surface area contributed by atoms with Crippen LogP contribution in [0.2, 0.25) is 0 Å². The van der Waals surface area contributed by atoms with Crippen LogP contribution < -0.4 is 9.47 Å². The van der Waals surface area contributed by atoms with Crippen molar-refractivity contribution in [3.05, 3.63) is 35.1 Å². The predicted molar refractivity (Wildman–Crippen MR) is 96.0 cm³/mol. The number of hydrogen-bond acceptors (Lipinski definition) is 5. The second kappa shape index (κ2) is 5.91. The lowest BCUT2D eigenvalue weighted by atomic mass is 9.53. The number of nitrogens with zero attached hydrogens (tertiary/aromatic N) is 1. The molecule has 0 amide bonds. The van der Waals surface area contributed by atoms with Crippen molar-refractivity contribution in [2.75, 3.05) is 20.7 Å². The first-order chi connectivity index (χ1) is 12.4. The summed E-state index contributed by atoms with van der Waals surface area (Å²) >= 11 is 0. The highest BCUT2D eigenvalue weighted by molar-refractivity contribution is 5.63. The number of likely N-dealkylation sites (N-methyl/N-ethyl adjacent to an activating group) is 1. The summed E-state index contributed by atoms with van der Waals surface area (Å²) in [6, 6.07) is 4.75. The average Bonchev–Trinajstić information content (AvgIpc) is 2.94. The van der Waals surface area contributed by atoms with Gasteiger partial charge in [0, 0.05) is 23.9 Å². The summed E-state index contributed by atoms with van der Waals surface area (Å²) in [6.07, 6.45) is 4.80. The highest BCUT2D eigenvalue weighted by Crippen LogP contribution is 2.63. The Labute approximate surface area is 153 Å². The van der Waals surface area contributed by atoms with Crippen molar-refractivity contribution in [3.8, 4) is 11.5 Å². The molecule has 4 aliphatic rings. The fraction of sp³-hybridized carbons (Fsp3) is 0.550. The third kappa shape index (κ3) is 2.18. The predicted octanol–water partition coefficient (Wildman–Crippen LogP) is 2.51. The molecule has 4 atom stereocenters. The normalized spacial score (nSPS) is 33.2. The van der Waals surface area contributed by atoms with Crippen molar-refractivity contribution in [2.24, 2.45) is 5.92 Å². The van der Waals surface area contributed by atoms with Crippen molar-refractivity contribution in [3.63, 3.8) is 0 Å². The lowest BCUT2D eigenvalue weighted by Crippen LogP contribution is -2.63. The quantitative estimate of drug-likeness (QED) is 0.802. The zero-order valence-electron chi connectivity index (χ0n) is 15.4. The van der Waals surface area contributed by atoms with Gasteiger partial charge in [0.05, 0.1) is 7.11 Å². The molecule has 2 aliphatic heterocycles. The first kappa shape index (κ1) is 17.2. The van der Waals surface area contributed by atoms with E-state index in [4.69, 9.17) is 19.4 Å². The fourth-order valence-electron chi connectivity index (χ4n) is 5.49. The average molecular weight is 359 g/mol. The number of ether oxygens (including phenoxy) is 2. The molecule has 6 heteroatoms. The number of carboxylic acids is 1. The van der Waals surface area contributed by atoms with Gasteiger partial charge in [0.15, 0.2) is 17.6 Å². The summed E-state index contributed by atoms with van der Waals surface area (Å²) in [5.41, 5.74) is 2.64. The number of methoxy groups -OCH3 is 1. The maximum absolute atomic E-state index is 10.5. The zero-order valence-corrected chi connectivity index (χ0v) is 15.4. The molecule has 0 saturated carbocycles. The highest BCUT2D eigenvalue weighted by Gasteiger charge is 2.64. The third-order valence-corrected chi connectivity index (χ3v) is 6.45. The van der Waals surface area contributed by atoms with E-state index in [1.54, 1.807) is 7.11 Å². The number of hydrogen-bond donors (Lipinski definition) is 2. The smallest absolute Gasteiger partial charge is 0.300 e. The van der Waals surface area contributed by atoms with Crippen molar-refractivity contribution >= 4 is 5.97 Å². The number of aliphatic hydroxyl groups is 1. The minimum absolute atomic E-state index is 0.0620. The van der Waals surface area contributed by atoms with Gasteiger partial charge in [-0.15, -0.1) is 0 Å². The largest absolute Gasteiger partial charge is 0.509 e. The second-order valence-electron chi connectivity index (χ2n) is 7.66. The third-order valence-electron chi connectivity index (χ3n) is 6.45. The Balaban J connectivity index is 0.000000385. The minimum Gasteiger partial charge on any atom is -0.509 e. The van der Waals surface area contributed by atoms with E-state index >= 15 is 0 Å². The summed E-state index contributed by atoms with van der Waals surface area (Å²) < 4.78 is 11.8. The number of rotatable bonds is 1. The van der Waals surface area contributed by atoms with Crippen LogP contribution in [0.5, 0.6) is 11.5 Å². The van der Waals surface area contributed by atoms with Crippen molar-refractivity contribution in [1.82, 2.24) is 4.90 Å². The lowest BCUT2D eigenvalue weighted by Gasteiger charge is -2.56. The number of likely N-dealkylation sites (tertiary alicyclic amines) is 1. The number of aliphatic carboxylic acids is 1. The Morgan fingerprint density at radius 1 is 1.42 bits per heavy atom. The van der Waals surface area contributed by atoms with Gasteiger partial charge in [0.25, 0.3) is 5.97 Å². The molecular weight excluding hydrogens is 334 g/mol. The Kier molecular flexibility index (Phi) is 3.91. The number of piperidine rings is 1. The summed E-state index contributed by atoms with van der Waals surface area (Å²) in [5.74, 6) is 1.77. The fourth-order valence-corrected chi connectivity index (χ4v) is 5.49. The van der Waals surface area contributed by atoms with Gasteiger partial charge in [-0.3, -0.25) is 4.79 Å². The Hall–Kier alpha value is -2.21. The lowest BCUT2D eigenvalue weighted by molar-refractivity contribution is -0.134. The maximum Gasteiger partial charge on any atom is 0.300 e. The van der Waals surface area contributed by atoms with Crippen molar-refractivity contribution < 1.29 is 24.5 Å².